The van der Waals surface area contributed by atoms with Crippen molar-refractivity contribution in [1.29, 1.82) is 0 Å². The van der Waals surface area contributed by atoms with Gasteiger partial charge in [0.15, 0.2) is 0 Å². The lowest BCUT2D eigenvalue weighted by Crippen LogP contribution is -2.66. The van der Waals surface area contributed by atoms with Crippen LogP contribution in [0.25, 0.3) is 11.1 Å². The van der Waals surface area contributed by atoms with Gasteiger partial charge in [0, 0.05) is 45.0 Å². The summed E-state index contributed by atoms with van der Waals surface area (Å²) in [5.74, 6) is 0. The van der Waals surface area contributed by atoms with Gasteiger partial charge in [-0.2, -0.15) is 0 Å². The van der Waals surface area contributed by atoms with Crippen molar-refractivity contribution >= 4 is 62.9 Å². The Bertz CT molecular complexity index is 2840. The third kappa shape index (κ3) is 5.18. The van der Waals surface area contributed by atoms with Gasteiger partial charge in [-0.3, -0.25) is 0 Å². The van der Waals surface area contributed by atoms with Crippen LogP contribution in [0.3, 0.4) is 0 Å². The molecular weight excluding hydrogens is 773 g/mol. The van der Waals surface area contributed by atoms with Crippen molar-refractivity contribution in [2.45, 2.75) is 153 Å². The SMILES string of the molecule is CC(C)(C)c1cccc(N(c2cccc(C(C)(C)C)c2)c2cc3c4c(c2)N2c5c(cc(-c6ccccc6)cc5C5(C)CCCCC25C)B4c2cccc4c2N3C2(C)CCCCC42C)c1. The van der Waals surface area contributed by atoms with Crippen LogP contribution in [-0.2, 0) is 21.7 Å². The Balaban J connectivity index is 1.22. The highest BCUT2D eigenvalue weighted by Gasteiger charge is 2.65. The Morgan fingerprint density at radius 1 is 0.469 bits per heavy atom. The van der Waals surface area contributed by atoms with Gasteiger partial charge in [-0.25, -0.2) is 0 Å². The molecule has 4 unspecified atom stereocenters. The van der Waals surface area contributed by atoms with E-state index in [2.05, 4.69) is 205 Å². The maximum atomic E-state index is 2.94. The monoisotopic (exact) mass is 840 g/mol. The highest BCUT2D eigenvalue weighted by Crippen LogP contribution is 2.65. The molecule has 4 heterocycles. The number of anilines is 7. The van der Waals surface area contributed by atoms with Gasteiger partial charge in [-0.15, -0.1) is 0 Å². The lowest BCUT2D eigenvalue weighted by atomic mass is 9.33. The number of rotatable bonds is 4. The predicted octanol–water partition coefficient (Wildman–Crippen LogP) is 14.0. The Morgan fingerprint density at radius 2 is 0.984 bits per heavy atom. The number of hydrogen-bond donors (Lipinski definition) is 0. The molecule has 6 aromatic rings. The normalized spacial score (nSPS) is 25.9. The highest BCUT2D eigenvalue weighted by molar-refractivity contribution is 7.00. The van der Waals surface area contributed by atoms with E-state index in [1.807, 2.05) is 0 Å². The van der Waals surface area contributed by atoms with Crippen LogP contribution < -0.4 is 31.1 Å². The molecule has 0 radical (unpaired) electrons. The van der Waals surface area contributed by atoms with Gasteiger partial charge in [0.2, 0.25) is 0 Å². The quantitative estimate of drug-likeness (QED) is 0.164. The summed E-state index contributed by atoms with van der Waals surface area (Å²) in [6.07, 6.45) is 9.84. The second-order valence-corrected chi connectivity index (χ2v) is 23.6. The van der Waals surface area contributed by atoms with Gasteiger partial charge in [-0.1, -0.05) is 160 Å². The number of benzene rings is 6. The van der Waals surface area contributed by atoms with E-state index in [-0.39, 0.29) is 39.5 Å². The van der Waals surface area contributed by atoms with Crippen molar-refractivity contribution in [1.82, 2.24) is 0 Å². The van der Waals surface area contributed by atoms with E-state index < -0.39 is 0 Å². The van der Waals surface area contributed by atoms with Gasteiger partial charge < -0.3 is 14.7 Å². The molecule has 324 valence electrons. The summed E-state index contributed by atoms with van der Waals surface area (Å²) in [5, 5.41) is 0. The topological polar surface area (TPSA) is 9.72 Å². The smallest absolute Gasteiger partial charge is 0.252 e. The van der Waals surface area contributed by atoms with E-state index in [0.717, 1.165) is 0 Å². The van der Waals surface area contributed by atoms with Gasteiger partial charge >= 0.3 is 0 Å². The van der Waals surface area contributed by atoms with E-state index in [0.29, 0.717) is 0 Å². The zero-order valence-corrected chi connectivity index (χ0v) is 40.1. The van der Waals surface area contributed by atoms with Crippen molar-refractivity contribution in [2.24, 2.45) is 0 Å². The third-order valence-electron chi connectivity index (χ3n) is 18.2. The molecule has 4 aliphatic heterocycles. The largest absolute Gasteiger partial charge is 0.335 e. The minimum atomic E-state index is -0.0888. The van der Waals surface area contributed by atoms with Crippen LogP contribution in [0.15, 0.2) is 121 Å². The predicted molar refractivity (Wildman–Crippen MR) is 274 cm³/mol. The molecular formula is C60H66BN3. The molecule has 0 bridgehead atoms. The third-order valence-corrected chi connectivity index (χ3v) is 18.2. The van der Waals surface area contributed by atoms with E-state index in [1.165, 1.54) is 130 Å². The summed E-state index contributed by atoms with van der Waals surface area (Å²) in [7, 11) is 0. The fraction of sp³-hybridized carbons (Fsp3) is 0.400. The first kappa shape index (κ1) is 40.3. The molecule has 12 rings (SSSR count). The molecule has 0 spiro atoms. The Morgan fingerprint density at radius 3 is 1.55 bits per heavy atom. The summed E-state index contributed by atoms with van der Waals surface area (Å²) in [6, 6.07) is 48.1. The first-order valence-electron chi connectivity index (χ1n) is 24.6. The molecule has 64 heavy (non-hydrogen) atoms. The standard InChI is InChI=1S/C60H66BN3/c1-55(2,3)41-23-18-25-43(35-41)62(44-26-19-24-42(36-44)56(4,5)6)45-37-50-52-51(38-45)64-54-47(58(8)30-15-17-32-60(58,64)10)33-40(39-21-12-11-13-22-39)34-49(54)61(52)48-28-20-27-46-53(48)63(50)59(9)31-16-14-29-57(46,59)7/h11-13,18-28,33-38H,14-17,29-32H2,1-10H3. The molecule has 4 heteroatoms. The molecule has 4 atom stereocenters. The summed E-state index contributed by atoms with van der Waals surface area (Å²) in [4.78, 5) is 8.48. The van der Waals surface area contributed by atoms with Crippen LogP contribution in [0.4, 0.5) is 39.8 Å². The van der Waals surface area contributed by atoms with Crippen LogP contribution >= 0.6 is 0 Å². The Kier molecular flexibility index (Phi) is 8.32. The summed E-state index contributed by atoms with van der Waals surface area (Å²) < 4.78 is 0. The van der Waals surface area contributed by atoms with Crippen LogP contribution in [-0.4, -0.2) is 17.8 Å². The maximum Gasteiger partial charge on any atom is 0.252 e. The number of nitrogens with zero attached hydrogens (tertiary/aromatic N) is 3. The molecule has 3 nitrogen and oxygen atoms in total. The van der Waals surface area contributed by atoms with E-state index in [1.54, 1.807) is 11.1 Å². The summed E-state index contributed by atoms with van der Waals surface area (Å²) in [5.41, 5.74) is 22.4. The lowest BCUT2D eigenvalue weighted by molar-refractivity contribution is 0.194. The molecule has 0 aromatic heterocycles. The van der Waals surface area contributed by atoms with Crippen LogP contribution in [0.5, 0.6) is 0 Å². The van der Waals surface area contributed by atoms with Crippen LogP contribution in [0.2, 0.25) is 0 Å². The van der Waals surface area contributed by atoms with E-state index in [4.69, 9.17) is 0 Å². The average Bonchev–Trinajstić information content (AvgIpc) is 3.62. The van der Waals surface area contributed by atoms with Gasteiger partial charge in [-0.05, 0) is 143 Å². The molecule has 6 aromatic carbocycles. The molecule has 0 N–H and O–H groups in total. The average molecular weight is 840 g/mol. The van der Waals surface area contributed by atoms with E-state index in [9.17, 15) is 0 Å². The zero-order valence-electron chi connectivity index (χ0n) is 40.1. The first-order chi connectivity index (χ1) is 30.5. The maximum absolute atomic E-state index is 2.94. The lowest BCUT2D eigenvalue weighted by Gasteiger charge is -2.55. The van der Waals surface area contributed by atoms with Crippen molar-refractivity contribution in [3.8, 4) is 11.1 Å². The fourth-order valence-corrected chi connectivity index (χ4v) is 14.2. The van der Waals surface area contributed by atoms with Gasteiger partial charge in [0.1, 0.15) is 0 Å². The molecule has 6 aliphatic rings. The Hall–Kier alpha value is -5.22. The second kappa shape index (κ2) is 13.2. The van der Waals surface area contributed by atoms with Crippen LogP contribution in [0, 0.1) is 0 Å². The first-order valence-corrected chi connectivity index (χ1v) is 24.6. The Labute approximate surface area is 384 Å². The zero-order chi connectivity index (χ0) is 44.3. The van der Waals surface area contributed by atoms with E-state index >= 15 is 0 Å². The number of hydrogen-bond acceptors (Lipinski definition) is 3. The molecule has 2 aliphatic carbocycles. The molecule has 2 fully saturated rings. The number of fused-ring (bicyclic) bond motifs is 10. The number of para-hydroxylation sites is 1. The minimum absolute atomic E-state index is 0.00632. The van der Waals surface area contributed by atoms with Gasteiger partial charge in [0.25, 0.3) is 6.71 Å². The fourth-order valence-electron chi connectivity index (χ4n) is 14.2. The summed E-state index contributed by atoms with van der Waals surface area (Å²) in [6.45, 7) is 24.7. The minimum Gasteiger partial charge on any atom is -0.335 e. The van der Waals surface area contributed by atoms with Crippen molar-refractivity contribution in [3.05, 3.63) is 144 Å². The second-order valence-electron chi connectivity index (χ2n) is 23.6. The van der Waals surface area contributed by atoms with Crippen molar-refractivity contribution < 1.29 is 0 Å². The summed E-state index contributed by atoms with van der Waals surface area (Å²) >= 11 is 0. The highest BCUT2D eigenvalue weighted by atomic mass is 15.3. The van der Waals surface area contributed by atoms with Crippen molar-refractivity contribution in [2.75, 3.05) is 14.7 Å². The molecule has 0 saturated heterocycles. The van der Waals surface area contributed by atoms with Crippen molar-refractivity contribution in [3.63, 3.8) is 0 Å². The molecule has 0 amide bonds. The van der Waals surface area contributed by atoms with Gasteiger partial charge in [0.05, 0.1) is 16.8 Å². The molecule has 2 saturated carbocycles. The van der Waals surface area contributed by atoms with Crippen LogP contribution in [0.1, 0.15) is 143 Å².